The van der Waals surface area contributed by atoms with E-state index in [1.54, 1.807) is 23.1 Å². The molecular formula is C28H39N7O2. The zero-order chi connectivity index (χ0) is 25.7. The Morgan fingerprint density at radius 3 is 2.59 bits per heavy atom. The highest BCUT2D eigenvalue weighted by Crippen LogP contribution is 2.43. The molecule has 4 heterocycles. The van der Waals surface area contributed by atoms with Gasteiger partial charge in [-0.3, -0.25) is 9.69 Å². The molecule has 9 nitrogen and oxygen atoms in total. The summed E-state index contributed by atoms with van der Waals surface area (Å²) in [4.78, 5) is 22.4. The number of piperidine rings is 1. The summed E-state index contributed by atoms with van der Waals surface area (Å²) in [5.41, 5.74) is 1.46. The van der Waals surface area contributed by atoms with E-state index in [9.17, 15) is 4.79 Å². The van der Waals surface area contributed by atoms with Gasteiger partial charge in [-0.25, -0.2) is 9.67 Å². The van der Waals surface area contributed by atoms with Crippen molar-refractivity contribution in [2.75, 3.05) is 24.5 Å². The lowest BCUT2D eigenvalue weighted by Gasteiger charge is -2.41. The second-order valence-corrected chi connectivity index (χ2v) is 10.9. The summed E-state index contributed by atoms with van der Waals surface area (Å²) in [6.07, 6.45) is 15.2. The van der Waals surface area contributed by atoms with Crippen LogP contribution in [0.15, 0.2) is 41.1 Å². The third-order valence-electron chi connectivity index (χ3n) is 8.47. The first-order valence-electron chi connectivity index (χ1n) is 13.8. The molecule has 3 aromatic heterocycles. The number of furan rings is 1. The third kappa shape index (κ3) is 6.09. The standard InChI is InChI=1S/C28H39N7O2/c1-22-8-9-25(29-21-22)35(27(36)24-7-6-20-37-24)23-11-17-34(18-12-23)19-16-28(13-4-3-5-14-28)15-10-26-30-31-32-33(26)2/h6-9,20-21,23H,3-5,10-19H2,1-2H3. The Hall–Kier alpha value is -3.07. The minimum absolute atomic E-state index is 0.108. The summed E-state index contributed by atoms with van der Waals surface area (Å²) in [7, 11) is 1.93. The number of hydrogen-bond donors (Lipinski definition) is 0. The van der Waals surface area contributed by atoms with Crippen molar-refractivity contribution in [2.24, 2.45) is 12.5 Å². The quantitative estimate of drug-likeness (QED) is 0.420. The molecule has 0 bridgehead atoms. The van der Waals surface area contributed by atoms with Crippen LogP contribution in [-0.2, 0) is 13.5 Å². The molecule has 0 N–H and O–H groups in total. The summed E-state index contributed by atoms with van der Waals surface area (Å²) in [6, 6.07) is 7.57. The van der Waals surface area contributed by atoms with Crippen LogP contribution >= 0.6 is 0 Å². The number of carbonyl (C=O) groups is 1. The van der Waals surface area contributed by atoms with E-state index in [0.717, 1.165) is 56.7 Å². The van der Waals surface area contributed by atoms with Crippen LogP contribution < -0.4 is 4.90 Å². The van der Waals surface area contributed by atoms with E-state index in [0.29, 0.717) is 17.0 Å². The lowest BCUT2D eigenvalue weighted by Crippen LogP contribution is -2.48. The predicted octanol–water partition coefficient (Wildman–Crippen LogP) is 4.59. The van der Waals surface area contributed by atoms with Crippen molar-refractivity contribution in [1.82, 2.24) is 30.1 Å². The van der Waals surface area contributed by atoms with Crippen LogP contribution in [0.25, 0.3) is 0 Å². The van der Waals surface area contributed by atoms with Crippen molar-refractivity contribution < 1.29 is 9.21 Å². The van der Waals surface area contributed by atoms with Gasteiger partial charge in [-0.05, 0) is 91.6 Å². The van der Waals surface area contributed by atoms with Gasteiger partial charge in [-0.2, -0.15) is 0 Å². The number of anilines is 1. The number of hydrogen-bond acceptors (Lipinski definition) is 7. The second-order valence-electron chi connectivity index (χ2n) is 10.9. The Kier molecular flexibility index (Phi) is 7.98. The van der Waals surface area contributed by atoms with Crippen molar-refractivity contribution in [2.45, 2.75) is 77.2 Å². The normalized spacial score (nSPS) is 18.6. The number of rotatable bonds is 9. The Balaban J connectivity index is 1.21. The summed E-state index contributed by atoms with van der Waals surface area (Å²) < 4.78 is 7.27. The second kappa shape index (κ2) is 11.5. The van der Waals surface area contributed by atoms with Gasteiger partial charge >= 0.3 is 0 Å². The Morgan fingerprint density at radius 1 is 1.14 bits per heavy atom. The van der Waals surface area contributed by atoms with Gasteiger partial charge in [0.05, 0.1) is 6.26 Å². The number of carbonyl (C=O) groups excluding carboxylic acids is 1. The largest absolute Gasteiger partial charge is 0.459 e. The van der Waals surface area contributed by atoms with Gasteiger partial charge in [0.15, 0.2) is 11.6 Å². The lowest BCUT2D eigenvalue weighted by molar-refractivity contribution is 0.0917. The fraction of sp³-hybridized carbons (Fsp3) is 0.607. The first-order valence-corrected chi connectivity index (χ1v) is 13.8. The van der Waals surface area contributed by atoms with Crippen molar-refractivity contribution in [3.63, 3.8) is 0 Å². The zero-order valence-corrected chi connectivity index (χ0v) is 22.2. The van der Waals surface area contributed by atoms with Crippen LogP contribution in [0, 0.1) is 12.3 Å². The van der Waals surface area contributed by atoms with Crippen LogP contribution in [-0.4, -0.2) is 61.7 Å². The van der Waals surface area contributed by atoms with Crippen LogP contribution in [0.1, 0.15) is 79.7 Å². The monoisotopic (exact) mass is 505 g/mol. The van der Waals surface area contributed by atoms with E-state index in [-0.39, 0.29) is 11.9 Å². The molecule has 2 aliphatic rings. The Labute approximate surface area is 219 Å². The highest BCUT2D eigenvalue weighted by molar-refractivity contribution is 6.04. The van der Waals surface area contributed by atoms with Gasteiger partial charge in [-0.15, -0.1) is 5.10 Å². The maximum absolute atomic E-state index is 13.4. The molecule has 1 saturated heterocycles. The fourth-order valence-electron chi connectivity index (χ4n) is 6.14. The molecule has 0 aromatic carbocycles. The van der Waals surface area contributed by atoms with Crippen molar-refractivity contribution >= 4 is 11.7 Å². The van der Waals surface area contributed by atoms with E-state index in [1.807, 2.05) is 37.2 Å². The molecule has 0 unspecified atom stereocenters. The average molecular weight is 506 g/mol. The highest BCUT2D eigenvalue weighted by Gasteiger charge is 2.35. The molecule has 1 saturated carbocycles. The molecule has 0 radical (unpaired) electrons. The molecule has 2 fully saturated rings. The third-order valence-corrected chi connectivity index (χ3v) is 8.47. The van der Waals surface area contributed by atoms with E-state index >= 15 is 0 Å². The molecule has 198 valence electrons. The molecule has 9 heteroatoms. The number of aryl methyl sites for hydroxylation is 3. The summed E-state index contributed by atoms with van der Waals surface area (Å²) in [5, 5.41) is 12.0. The molecule has 1 amide bonds. The summed E-state index contributed by atoms with van der Waals surface area (Å²) in [5.74, 6) is 1.93. The summed E-state index contributed by atoms with van der Waals surface area (Å²) >= 11 is 0. The maximum Gasteiger partial charge on any atom is 0.295 e. The number of aromatic nitrogens is 5. The van der Waals surface area contributed by atoms with Crippen LogP contribution in [0.2, 0.25) is 0 Å². The first-order chi connectivity index (χ1) is 18.0. The lowest BCUT2D eigenvalue weighted by atomic mass is 9.69. The van der Waals surface area contributed by atoms with Gasteiger partial charge in [0.2, 0.25) is 0 Å². The minimum Gasteiger partial charge on any atom is -0.459 e. The van der Waals surface area contributed by atoms with Crippen LogP contribution in [0.3, 0.4) is 0 Å². The Morgan fingerprint density at radius 2 is 1.95 bits per heavy atom. The highest BCUT2D eigenvalue weighted by atomic mass is 16.3. The molecule has 0 atom stereocenters. The van der Waals surface area contributed by atoms with E-state index < -0.39 is 0 Å². The summed E-state index contributed by atoms with van der Waals surface area (Å²) in [6.45, 7) is 5.10. The van der Waals surface area contributed by atoms with Gasteiger partial charge in [0.1, 0.15) is 5.82 Å². The topological polar surface area (TPSA) is 93.2 Å². The minimum atomic E-state index is -0.112. The van der Waals surface area contributed by atoms with Crippen LogP contribution in [0.5, 0.6) is 0 Å². The number of nitrogens with zero attached hydrogens (tertiary/aromatic N) is 7. The predicted molar refractivity (Wildman–Crippen MR) is 141 cm³/mol. The number of amides is 1. The van der Waals surface area contributed by atoms with Gasteiger partial charge < -0.3 is 9.32 Å². The molecule has 5 rings (SSSR count). The van der Waals surface area contributed by atoms with E-state index in [4.69, 9.17) is 4.42 Å². The van der Waals surface area contributed by atoms with Gasteiger partial charge in [-0.1, -0.05) is 25.3 Å². The zero-order valence-electron chi connectivity index (χ0n) is 22.2. The first kappa shape index (κ1) is 25.6. The fourth-order valence-corrected chi connectivity index (χ4v) is 6.14. The van der Waals surface area contributed by atoms with Crippen molar-refractivity contribution in [3.8, 4) is 0 Å². The van der Waals surface area contributed by atoms with Gasteiger partial charge in [0, 0.05) is 38.8 Å². The van der Waals surface area contributed by atoms with Gasteiger partial charge in [0.25, 0.3) is 5.91 Å². The molecule has 37 heavy (non-hydrogen) atoms. The number of tetrazole rings is 1. The maximum atomic E-state index is 13.4. The van der Waals surface area contributed by atoms with E-state index in [1.165, 1.54) is 38.5 Å². The number of likely N-dealkylation sites (tertiary alicyclic amines) is 1. The molecular weight excluding hydrogens is 466 g/mol. The Bertz CT molecular complexity index is 1130. The molecule has 1 aliphatic carbocycles. The van der Waals surface area contributed by atoms with Crippen molar-refractivity contribution in [1.29, 1.82) is 0 Å². The number of pyridine rings is 1. The SMILES string of the molecule is Cc1ccc(N(C(=O)c2ccco2)C2CCN(CCC3(CCc4nnnn4C)CCCCC3)CC2)nc1. The smallest absolute Gasteiger partial charge is 0.295 e. The average Bonchev–Trinajstić information content (AvgIpc) is 3.61. The van der Waals surface area contributed by atoms with Crippen molar-refractivity contribution in [3.05, 3.63) is 53.9 Å². The molecule has 0 spiro atoms. The molecule has 1 aliphatic heterocycles. The van der Waals surface area contributed by atoms with E-state index in [2.05, 4.69) is 25.4 Å². The van der Waals surface area contributed by atoms with Crippen LogP contribution in [0.4, 0.5) is 5.82 Å². The molecule has 3 aromatic rings.